The van der Waals surface area contributed by atoms with E-state index in [0.29, 0.717) is 5.56 Å². The molecule has 2 aromatic carbocycles. The molecule has 9 nitrogen and oxygen atoms in total. The highest BCUT2D eigenvalue weighted by molar-refractivity contribution is 7.99. The predicted molar refractivity (Wildman–Crippen MR) is 111 cm³/mol. The molecule has 174 valence electrons. The lowest BCUT2D eigenvalue weighted by atomic mass is 10.2. The summed E-state index contributed by atoms with van der Waals surface area (Å²) in [6.45, 7) is -3.34. The molecule has 14 heteroatoms. The maximum absolute atomic E-state index is 13.2. The lowest BCUT2D eigenvalue weighted by molar-refractivity contribution is -0.122. The number of benzene rings is 2. The number of carbonyl (C=O) groups is 2. The lowest BCUT2D eigenvalue weighted by Gasteiger charge is -2.08. The van der Waals surface area contributed by atoms with Gasteiger partial charge in [0.15, 0.2) is 17.5 Å². The Morgan fingerprint density at radius 1 is 1.06 bits per heavy atom. The highest BCUT2D eigenvalue weighted by atomic mass is 32.2. The molecule has 3 aromatic rings. The highest BCUT2D eigenvalue weighted by Crippen LogP contribution is 2.24. The normalized spacial score (nSPS) is 10.8. The molecule has 0 unspecified atom stereocenters. The van der Waals surface area contributed by atoms with Gasteiger partial charge in [0, 0.05) is 17.3 Å². The van der Waals surface area contributed by atoms with Crippen molar-refractivity contribution in [3.05, 3.63) is 54.1 Å². The van der Waals surface area contributed by atoms with E-state index in [-0.39, 0.29) is 28.2 Å². The number of alkyl halides is 2. The van der Waals surface area contributed by atoms with Gasteiger partial charge in [-0.1, -0.05) is 11.8 Å². The van der Waals surface area contributed by atoms with Gasteiger partial charge in [-0.25, -0.2) is 13.5 Å². The molecule has 0 aliphatic carbocycles. The van der Waals surface area contributed by atoms with E-state index < -0.39 is 36.6 Å². The number of hydrogen-bond donors (Lipinski definition) is 3. The molecule has 0 saturated heterocycles. The van der Waals surface area contributed by atoms with Crippen LogP contribution in [0.4, 0.5) is 23.2 Å². The number of halogens is 4. The Balaban J connectivity index is 1.48. The minimum Gasteiger partial charge on any atom is -0.435 e. The van der Waals surface area contributed by atoms with Crippen molar-refractivity contribution in [2.24, 2.45) is 0 Å². The third kappa shape index (κ3) is 6.58. The van der Waals surface area contributed by atoms with Crippen LogP contribution in [0.25, 0.3) is 11.4 Å². The minimum absolute atomic E-state index is 0.0308. The van der Waals surface area contributed by atoms with Crippen LogP contribution in [0.3, 0.4) is 0 Å². The summed E-state index contributed by atoms with van der Waals surface area (Å²) >= 11 is 0.947. The molecule has 4 N–H and O–H groups in total. The number of nitrogens with zero attached hydrogens (tertiary/aromatic N) is 3. The standard InChI is InChI=1S/C19H16F4N6O3S/c20-13-6-3-11(7-14(13)21)26-15(30)8-25-16(31)9-33-19-28-27-17(29(19)24)10-1-4-12(5-2-10)32-18(22)23/h1-7,18H,8-9,24H2,(H,25,31)(H,26,30). The van der Waals surface area contributed by atoms with Crippen molar-refractivity contribution >= 4 is 29.3 Å². The number of rotatable bonds is 9. The molecule has 2 amide bonds. The number of nitrogen functional groups attached to an aromatic ring is 1. The average Bonchev–Trinajstić information content (AvgIpc) is 3.14. The third-order valence-electron chi connectivity index (χ3n) is 3.98. The number of carbonyl (C=O) groups excluding carboxylic acids is 2. The summed E-state index contributed by atoms with van der Waals surface area (Å²) in [5.74, 6) is 2.68. The summed E-state index contributed by atoms with van der Waals surface area (Å²) < 4.78 is 55.9. The summed E-state index contributed by atoms with van der Waals surface area (Å²) in [5.41, 5.74) is 0.525. The Morgan fingerprint density at radius 3 is 2.45 bits per heavy atom. The van der Waals surface area contributed by atoms with Crippen LogP contribution in [0.15, 0.2) is 47.6 Å². The van der Waals surface area contributed by atoms with Gasteiger partial charge in [0.05, 0.1) is 12.3 Å². The first-order chi connectivity index (χ1) is 15.7. The fraction of sp³-hybridized carbons (Fsp3) is 0.158. The van der Waals surface area contributed by atoms with Gasteiger partial charge >= 0.3 is 6.61 Å². The van der Waals surface area contributed by atoms with E-state index in [1.165, 1.54) is 30.3 Å². The first-order valence-electron chi connectivity index (χ1n) is 9.13. The Bertz CT molecular complexity index is 1140. The molecule has 3 rings (SSSR count). The van der Waals surface area contributed by atoms with Gasteiger partial charge in [-0.05, 0) is 36.4 Å². The number of anilines is 1. The van der Waals surface area contributed by atoms with Crippen molar-refractivity contribution in [3.63, 3.8) is 0 Å². The topological polar surface area (TPSA) is 124 Å². The molecular weight excluding hydrogens is 468 g/mol. The number of nitrogens with two attached hydrogens (primary N) is 1. The molecule has 0 aliphatic rings. The van der Waals surface area contributed by atoms with E-state index in [4.69, 9.17) is 5.84 Å². The molecule has 0 fully saturated rings. The Labute approximate surface area is 188 Å². The van der Waals surface area contributed by atoms with Crippen molar-refractivity contribution in [2.45, 2.75) is 11.8 Å². The predicted octanol–water partition coefficient (Wildman–Crippen LogP) is 2.39. The molecule has 0 saturated carbocycles. The Kier molecular flexibility index (Phi) is 7.71. The lowest BCUT2D eigenvalue weighted by Crippen LogP contribution is -2.34. The average molecular weight is 484 g/mol. The first kappa shape index (κ1) is 23.8. The number of aromatic nitrogens is 3. The van der Waals surface area contributed by atoms with Gasteiger partial charge in [0.25, 0.3) is 0 Å². The molecule has 1 aromatic heterocycles. The fourth-order valence-corrected chi connectivity index (χ4v) is 3.18. The van der Waals surface area contributed by atoms with Crippen molar-refractivity contribution in [1.82, 2.24) is 20.2 Å². The van der Waals surface area contributed by atoms with Crippen LogP contribution in [0, 0.1) is 11.6 Å². The van der Waals surface area contributed by atoms with Crippen LogP contribution in [0.2, 0.25) is 0 Å². The van der Waals surface area contributed by atoms with E-state index >= 15 is 0 Å². The van der Waals surface area contributed by atoms with Crippen LogP contribution < -0.4 is 21.2 Å². The van der Waals surface area contributed by atoms with Crippen LogP contribution in [-0.4, -0.2) is 45.6 Å². The highest BCUT2D eigenvalue weighted by Gasteiger charge is 2.15. The fourth-order valence-electron chi connectivity index (χ4n) is 2.50. The molecule has 0 bridgehead atoms. The minimum atomic E-state index is -2.94. The van der Waals surface area contributed by atoms with Gasteiger partial charge in [-0.3, -0.25) is 9.59 Å². The Morgan fingerprint density at radius 2 is 1.79 bits per heavy atom. The van der Waals surface area contributed by atoms with Gasteiger partial charge < -0.3 is 21.2 Å². The zero-order valence-electron chi connectivity index (χ0n) is 16.6. The molecule has 0 radical (unpaired) electrons. The van der Waals surface area contributed by atoms with Crippen LogP contribution in [0.1, 0.15) is 0 Å². The van der Waals surface area contributed by atoms with E-state index in [2.05, 4.69) is 25.6 Å². The first-order valence-corrected chi connectivity index (χ1v) is 10.1. The summed E-state index contributed by atoms with van der Waals surface area (Å²) in [4.78, 5) is 23.8. The number of amides is 2. The van der Waals surface area contributed by atoms with Crippen LogP contribution >= 0.6 is 11.8 Å². The van der Waals surface area contributed by atoms with Gasteiger partial charge in [0.2, 0.25) is 17.0 Å². The molecule has 33 heavy (non-hydrogen) atoms. The quantitative estimate of drug-likeness (QED) is 0.242. The SMILES string of the molecule is Nn1c(SCC(=O)NCC(=O)Nc2ccc(F)c(F)c2)nnc1-c1ccc(OC(F)F)cc1. The second kappa shape index (κ2) is 10.7. The van der Waals surface area contributed by atoms with E-state index in [0.717, 1.165) is 28.6 Å². The molecule has 0 spiro atoms. The largest absolute Gasteiger partial charge is 0.435 e. The third-order valence-corrected chi connectivity index (χ3v) is 4.93. The summed E-state index contributed by atoms with van der Waals surface area (Å²) in [6, 6.07) is 8.44. The van der Waals surface area contributed by atoms with E-state index in [9.17, 15) is 27.2 Å². The van der Waals surface area contributed by atoms with E-state index in [1.807, 2.05) is 0 Å². The maximum Gasteiger partial charge on any atom is 0.387 e. The van der Waals surface area contributed by atoms with Crippen molar-refractivity contribution in [3.8, 4) is 17.1 Å². The van der Waals surface area contributed by atoms with Crippen molar-refractivity contribution in [1.29, 1.82) is 0 Å². The Hall–Kier alpha value is -3.81. The van der Waals surface area contributed by atoms with Crippen molar-refractivity contribution < 1.29 is 31.9 Å². The summed E-state index contributed by atoms with van der Waals surface area (Å²) in [5, 5.41) is 12.7. The van der Waals surface area contributed by atoms with Gasteiger partial charge in [-0.2, -0.15) is 8.78 Å². The van der Waals surface area contributed by atoms with Gasteiger partial charge in [0.1, 0.15) is 5.75 Å². The van der Waals surface area contributed by atoms with Crippen LogP contribution in [-0.2, 0) is 9.59 Å². The summed E-state index contributed by atoms with van der Waals surface area (Å²) in [6.07, 6.45) is 0. The zero-order valence-corrected chi connectivity index (χ0v) is 17.4. The zero-order chi connectivity index (χ0) is 24.0. The van der Waals surface area contributed by atoms with Gasteiger partial charge in [-0.15, -0.1) is 10.2 Å². The monoisotopic (exact) mass is 484 g/mol. The molecule has 0 aliphatic heterocycles. The number of thioether (sulfide) groups is 1. The molecule has 0 atom stereocenters. The maximum atomic E-state index is 13.2. The van der Waals surface area contributed by atoms with E-state index in [1.54, 1.807) is 0 Å². The second-order valence-corrected chi connectivity index (χ2v) is 7.26. The number of ether oxygens (including phenoxy) is 1. The summed E-state index contributed by atoms with van der Waals surface area (Å²) in [7, 11) is 0. The van der Waals surface area contributed by atoms with Crippen LogP contribution in [0.5, 0.6) is 5.75 Å². The molecular formula is C19H16F4N6O3S. The van der Waals surface area contributed by atoms with Crippen molar-refractivity contribution in [2.75, 3.05) is 23.5 Å². The second-order valence-electron chi connectivity index (χ2n) is 6.32. The number of hydrogen-bond acceptors (Lipinski definition) is 7. The smallest absolute Gasteiger partial charge is 0.387 e. The number of nitrogens with one attached hydrogen (secondary N) is 2. The molecule has 1 heterocycles.